The van der Waals surface area contributed by atoms with Crippen molar-refractivity contribution in [1.82, 2.24) is 5.32 Å². The molecule has 0 radical (unpaired) electrons. The second-order valence-electron chi connectivity index (χ2n) is 6.11. The quantitative estimate of drug-likeness (QED) is 0.385. The Labute approximate surface area is 163 Å². The molecule has 1 aromatic carbocycles. The fourth-order valence-electron chi connectivity index (χ4n) is 2.47. The number of hydrogen-bond acceptors (Lipinski definition) is 4. The van der Waals surface area contributed by atoms with Gasteiger partial charge in [0.05, 0.1) is 4.88 Å². The first-order chi connectivity index (χ1) is 12.9. The van der Waals surface area contributed by atoms with Gasteiger partial charge in [0.2, 0.25) is 0 Å². The van der Waals surface area contributed by atoms with Crippen molar-refractivity contribution in [1.29, 1.82) is 0 Å². The summed E-state index contributed by atoms with van der Waals surface area (Å²) in [5.41, 5.74) is 2.50. The zero-order chi connectivity index (χ0) is 19.8. The molecule has 2 aromatic rings. The smallest absolute Gasteiger partial charge is 0.261 e. The predicted molar refractivity (Wildman–Crippen MR) is 111 cm³/mol. The van der Waals surface area contributed by atoms with E-state index in [1.165, 1.54) is 23.5 Å². The molecule has 1 amide bonds. The van der Waals surface area contributed by atoms with Gasteiger partial charge in [-0.25, -0.2) is 0 Å². The van der Waals surface area contributed by atoms with Crippen LogP contribution < -0.4 is 5.32 Å². The van der Waals surface area contributed by atoms with Crippen LogP contribution in [0.25, 0.3) is 5.57 Å². The van der Waals surface area contributed by atoms with E-state index in [4.69, 9.17) is 0 Å². The molecule has 27 heavy (non-hydrogen) atoms. The van der Waals surface area contributed by atoms with Gasteiger partial charge in [-0.15, -0.1) is 11.3 Å². The Kier molecular flexibility index (Phi) is 7.32. The predicted octanol–water partition coefficient (Wildman–Crippen LogP) is 4.98. The molecule has 2 N–H and O–H groups in total. The summed E-state index contributed by atoms with van der Waals surface area (Å²) < 4.78 is 0. The third-order valence-corrected chi connectivity index (χ3v) is 5.14. The summed E-state index contributed by atoms with van der Waals surface area (Å²) in [6.07, 6.45) is 4.37. The van der Waals surface area contributed by atoms with Gasteiger partial charge >= 0.3 is 0 Å². The minimum atomic E-state index is -0.239. The molecular formula is C22H23NO3S. The lowest BCUT2D eigenvalue weighted by atomic mass is 10.1. The molecule has 1 heterocycles. The van der Waals surface area contributed by atoms with Gasteiger partial charge in [0, 0.05) is 23.9 Å². The highest BCUT2D eigenvalue weighted by molar-refractivity contribution is 7.15. The molecule has 0 bridgehead atoms. The van der Waals surface area contributed by atoms with Crippen molar-refractivity contribution >= 4 is 28.6 Å². The van der Waals surface area contributed by atoms with E-state index in [0.29, 0.717) is 17.0 Å². The minimum Gasteiger partial charge on any atom is -0.508 e. The maximum Gasteiger partial charge on any atom is 0.261 e. The van der Waals surface area contributed by atoms with Crippen LogP contribution in [0.15, 0.2) is 67.0 Å². The van der Waals surface area contributed by atoms with Crippen molar-refractivity contribution in [3.05, 3.63) is 87.8 Å². The van der Waals surface area contributed by atoms with E-state index in [2.05, 4.69) is 11.9 Å². The third-order valence-electron chi connectivity index (χ3n) is 3.80. The van der Waals surface area contributed by atoms with Gasteiger partial charge in [0.25, 0.3) is 5.91 Å². The Morgan fingerprint density at radius 2 is 1.96 bits per heavy atom. The standard InChI is InChI=1S/C22H23NO3S/c1-4-8-18(24)13-19(25)11-15(2)20-12-16(3)21(27-20)22(26)23-14-17-9-6-5-7-10-17/h4-10,12-13,24H,2,11,14H2,1,3H3,(H,23,26)/b8-4-,18-13+. The summed E-state index contributed by atoms with van der Waals surface area (Å²) in [5.74, 6) is -0.465. The van der Waals surface area contributed by atoms with Crippen molar-refractivity contribution < 1.29 is 14.7 Å². The van der Waals surface area contributed by atoms with Crippen LogP contribution in [-0.4, -0.2) is 16.8 Å². The Bertz CT molecular complexity index is 892. The Morgan fingerprint density at radius 3 is 2.63 bits per heavy atom. The molecule has 2 rings (SSSR count). The van der Waals surface area contributed by atoms with Crippen molar-refractivity contribution in [3.8, 4) is 0 Å². The molecule has 0 spiro atoms. The van der Waals surface area contributed by atoms with Crippen LogP contribution in [0.5, 0.6) is 0 Å². The van der Waals surface area contributed by atoms with Gasteiger partial charge in [-0.1, -0.05) is 43.0 Å². The van der Waals surface area contributed by atoms with Crippen LogP contribution in [0.3, 0.4) is 0 Å². The van der Waals surface area contributed by atoms with E-state index in [1.54, 1.807) is 13.0 Å². The molecule has 5 heteroatoms. The molecule has 0 saturated heterocycles. The van der Waals surface area contributed by atoms with Gasteiger partial charge in [0.1, 0.15) is 5.76 Å². The molecule has 4 nitrogen and oxygen atoms in total. The van der Waals surface area contributed by atoms with Crippen molar-refractivity contribution in [2.24, 2.45) is 0 Å². The molecule has 0 aliphatic rings. The lowest BCUT2D eigenvalue weighted by Gasteiger charge is -2.04. The normalized spacial score (nSPS) is 11.6. The number of carbonyl (C=O) groups is 2. The highest BCUT2D eigenvalue weighted by atomic mass is 32.1. The molecule has 0 unspecified atom stereocenters. The number of amides is 1. The molecule has 0 aliphatic heterocycles. The number of aliphatic hydroxyl groups is 1. The topological polar surface area (TPSA) is 66.4 Å². The van der Waals surface area contributed by atoms with Crippen LogP contribution in [-0.2, 0) is 11.3 Å². The summed E-state index contributed by atoms with van der Waals surface area (Å²) in [4.78, 5) is 25.9. The Balaban J connectivity index is 2.02. The minimum absolute atomic E-state index is 0.0846. The molecule has 0 saturated carbocycles. The highest BCUT2D eigenvalue weighted by Crippen LogP contribution is 2.29. The molecule has 140 valence electrons. The lowest BCUT2D eigenvalue weighted by molar-refractivity contribution is -0.113. The summed E-state index contributed by atoms with van der Waals surface area (Å²) >= 11 is 1.32. The van der Waals surface area contributed by atoms with E-state index < -0.39 is 0 Å². The van der Waals surface area contributed by atoms with E-state index in [-0.39, 0.29) is 23.9 Å². The SMILES string of the molecule is C=C(CC(=O)/C=C(O)\C=C/C)c1cc(C)c(C(=O)NCc2ccccc2)s1. The van der Waals surface area contributed by atoms with Crippen LogP contribution in [0.1, 0.15) is 39.0 Å². The van der Waals surface area contributed by atoms with Gasteiger partial charge in [-0.3, -0.25) is 9.59 Å². The van der Waals surface area contributed by atoms with E-state index >= 15 is 0 Å². The van der Waals surface area contributed by atoms with Gasteiger partial charge in [-0.05, 0) is 42.7 Å². The summed E-state index contributed by atoms with van der Waals surface area (Å²) in [6, 6.07) is 11.6. The van der Waals surface area contributed by atoms with E-state index in [0.717, 1.165) is 16.0 Å². The van der Waals surface area contributed by atoms with Crippen molar-refractivity contribution in [2.45, 2.75) is 26.8 Å². The number of aryl methyl sites for hydroxylation is 1. The van der Waals surface area contributed by atoms with Crippen LogP contribution in [0, 0.1) is 6.92 Å². The zero-order valence-electron chi connectivity index (χ0n) is 15.5. The zero-order valence-corrected chi connectivity index (χ0v) is 16.3. The number of allylic oxidation sites excluding steroid dienone is 4. The monoisotopic (exact) mass is 381 g/mol. The second kappa shape index (κ2) is 9.69. The van der Waals surface area contributed by atoms with Gasteiger partial charge in [0.15, 0.2) is 5.78 Å². The number of thiophene rings is 1. The first kappa shape index (κ1) is 20.4. The average molecular weight is 381 g/mol. The Hall–Kier alpha value is -2.92. The summed E-state index contributed by atoms with van der Waals surface area (Å²) in [7, 11) is 0. The fraction of sp³-hybridized carbons (Fsp3) is 0.182. The van der Waals surface area contributed by atoms with E-state index in [1.807, 2.05) is 43.3 Å². The van der Waals surface area contributed by atoms with E-state index in [9.17, 15) is 14.7 Å². The number of benzene rings is 1. The number of rotatable bonds is 8. The molecule has 0 aliphatic carbocycles. The molecular weight excluding hydrogens is 358 g/mol. The second-order valence-corrected chi connectivity index (χ2v) is 7.16. The molecule has 0 fully saturated rings. The number of ketones is 1. The van der Waals surface area contributed by atoms with Crippen molar-refractivity contribution in [3.63, 3.8) is 0 Å². The number of carbonyl (C=O) groups excluding carboxylic acids is 2. The maximum absolute atomic E-state index is 12.5. The summed E-state index contributed by atoms with van der Waals surface area (Å²) in [5, 5.41) is 12.5. The average Bonchev–Trinajstić information content (AvgIpc) is 3.02. The van der Waals surface area contributed by atoms with Crippen LogP contribution >= 0.6 is 11.3 Å². The largest absolute Gasteiger partial charge is 0.508 e. The number of aliphatic hydroxyl groups excluding tert-OH is 1. The van der Waals surface area contributed by atoms with Gasteiger partial charge in [-0.2, -0.15) is 0 Å². The maximum atomic E-state index is 12.5. The summed E-state index contributed by atoms with van der Waals surface area (Å²) in [6.45, 7) is 8.04. The van der Waals surface area contributed by atoms with Crippen molar-refractivity contribution in [2.75, 3.05) is 0 Å². The first-order valence-electron chi connectivity index (χ1n) is 8.57. The molecule has 0 atom stereocenters. The first-order valence-corrected chi connectivity index (χ1v) is 9.39. The van der Waals surface area contributed by atoms with Gasteiger partial charge < -0.3 is 10.4 Å². The van der Waals surface area contributed by atoms with Crippen LogP contribution in [0.2, 0.25) is 0 Å². The fourth-order valence-corrected chi connectivity index (χ4v) is 3.53. The number of hydrogen-bond donors (Lipinski definition) is 2. The number of nitrogens with one attached hydrogen (secondary N) is 1. The third kappa shape index (κ3) is 6.08. The van der Waals surface area contributed by atoms with Crippen LogP contribution in [0.4, 0.5) is 0 Å². The lowest BCUT2D eigenvalue weighted by Crippen LogP contribution is -2.22. The Morgan fingerprint density at radius 1 is 1.26 bits per heavy atom. The molecule has 1 aromatic heterocycles. The highest BCUT2D eigenvalue weighted by Gasteiger charge is 2.16.